The lowest BCUT2D eigenvalue weighted by Gasteiger charge is -2.27. The fraction of sp³-hybridized carbons (Fsp3) is 0.467. The van der Waals surface area contributed by atoms with Gasteiger partial charge in [-0.3, -0.25) is 4.79 Å². The van der Waals surface area contributed by atoms with Gasteiger partial charge in [0.15, 0.2) is 0 Å². The number of nitrogens with zero attached hydrogens (tertiary/aromatic N) is 1. The van der Waals surface area contributed by atoms with Gasteiger partial charge in [0.2, 0.25) is 5.91 Å². The number of carbonyl (C=O) groups excluding carboxylic acids is 1. The fourth-order valence-corrected chi connectivity index (χ4v) is 3.80. The topological polar surface area (TPSA) is 78.9 Å². The highest BCUT2D eigenvalue weighted by Crippen LogP contribution is 2.47. The summed E-state index contributed by atoms with van der Waals surface area (Å²) in [6.07, 6.45) is 3.32. The number of carbonyl (C=O) groups is 1. The zero-order valence-corrected chi connectivity index (χ0v) is 11.7. The Bertz CT molecular complexity index is 593. The molecule has 4 nitrogen and oxygen atoms in total. The minimum Gasteiger partial charge on any atom is -0.327 e. The number of benzene rings is 1. The van der Waals surface area contributed by atoms with E-state index in [1.807, 2.05) is 6.07 Å². The smallest absolute Gasteiger partial charge is 0.229 e. The third kappa shape index (κ3) is 2.17. The van der Waals surface area contributed by atoms with Gasteiger partial charge < -0.3 is 11.1 Å². The van der Waals surface area contributed by atoms with Gasteiger partial charge >= 0.3 is 0 Å². The zero-order valence-electron chi connectivity index (χ0n) is 11.0. The number of amides is 1. The standard InChI is InChI=1S/C15H16ClN3O/c16-12-4-3-11(6-10(12)7-17)19-15(20)13-8-1-2-9(5-8)14(13)18/h3-4,6,8-9,13-14H,1-2,5,18H2,(H,19,20). The van der Waals surface area contributed by atoms with Crippen LogP contribution in [0.2, 0.25) is 5.02 Å². The van der Waals surface area contributed by atoms with Crippen molar-refractivity contribution in [1.29, 1.82) is 5.26 Å². The molecule has 0 aliphatic heterocycles. The van der Waals surface area contributed by atoms with Crippen molar-refractivity contribution in [3.05, 3.63) is 28.8 Å². The van der Waals surface area contributed by atoms with Crippen LogP contribution >= 0.6 is 11.6 Å². The van der Waals surface area contributed by atoms with E-state index in [9.17, 15) is 4.79 Å². The van der Waals surface area contributed by atoms with Gasteiger partial charge in [-0.1, -0.05) is 11.6 Å². The number of anilines is 1. The molecule has 0 heterocycles. The van der Waals surface area contributed by atoms with Crippen LogP contribution in [-0.2, 0) is 4.79 Å². The SMILES string of the molecule is N#Cc1cc(NC(=O)C2C3CCC(C3)C2N)ccc1Cl. The Labute approximate surface area is 122 Å². The van der Waals surface area contributed by atoms with Crippen LogP contribution in [0.5, 0.6) is 0 Å². The molecule has 2 bridgehead atoms. The van der Waals surface area contributed by atoms with Crippen LogP contribution < -0.4 is 11.1 Å². The summed E-state index contributed by atoms with van der Waals surface area (Å²) < 4.78 is 0. The summed E-state index contributed by atoms with van der Waals surface area (Å²) in [6.45, 7) is 0. The van der Waals surface area contributed by atoms with Gasteiger partial charge in [-0.15, -0.1) is 0 Å². The van der Waals surface area contributed by atoms with Crippen LogP contribution in [0, 0.1) is 29.1 Å². The first-order chi connectivity index (χ1) is 9.60. The van der Waals surface area contributed by atoms with Gasteiger partial charge in [-0.2, -0.15) is 5.26 Å². The average molecular weight is 290 g/mol. The fourth-order valence-electron chi connectivity index (χ4n) is 3.64. The number of hydrogen-bond acceptors (Lipinski definition) is 3. The Morgan fingerprint density at radius 1 is 1.40 bits per heavy atom. The highest BCUT2D eigenvalue weighted by atomic mass is 35.5. The number of rotatable bonds is 2. The second-order valence-corrected chi connectivity index (χ2v) is 6.14. The Hall–Kier alpha value is -1.57. The van der Waals surface area contributed by atoms with Crippen molar-refractivity contribution in [2.24, 2.45) is 23.5 Å². The van der Waals surface area contributed by atoms with Crippen LogP contribution in [0.25, 0.3) is 0 Å². The molecule has 2 aliphatic carbocycles. The molecule has 5 heteroatoms. The highest BCUT2D eigenvalue weighted by molar-refractivity contribution is 6.31. The molecule has 0 saturated heterocycles. The third-order valence-electron chi connectivity index (χ3n) is 4.64. The van der Waals surface area contributed by atoms with Gasteiger partial charge in [0.1, 0.15) is 6.07 Å². The van der Waals surface area contributed by atoms with E-state index in [1.165, 1.54) is 0 Å². The van der Waals surface area contributed by atoms with E-state index in [0.29, 0.717) is 28.1 Å². The van der Waals surface area contributed by atoms with Crippen molar-refractivity contribution in [2.45, 2.75) is 25.3 Å². The Morgan fingerprint density at radius 2 is 2.15 bits per heavy atom. The molecule has 1 amide bonds. The summed E-state index contributed by atoms with van der Waals surface area (Å²) in [5.74, 6) is 0.777. The monoisotopic (exact) mass is 289 g/mol. The van der Waals surface area contributed by atoms with Gasteiger partial charge in [0.05, 0.1) is 16.5 Å². The van der Waals surface area contributed by atoms with Crippen molar-refractivity contribution in [3.63, 3.8) is 0 Å². The molecule has 104 valence electrons. The Morgan fingerprint density at radius 3 is 2.80 bits per heavy atom. The van der Waals surface area contributed by atoms with Crippen LogP contribution in [0.1, 0.15) is 24.8 Å². The van der Waals surface area contributed by atoms with E-state index in [-0.39, 0.29) is 17.9 Å². The predicted octanol–water partition coefficient (Wildman–Crippen LogP) is 2.52. The number of halogens is 1. The van der Waals surface area contributed by atoms with Crippen LogP contribution in [0.15, 0.2) is 18.2 Å². The van der Waals surface area contributed by atoms with Crippen molar-refractivity contribution < 1.29 is 4.79 Å². The second kappa shape index (κ2) is 5.08. The normalized spacial score (nSPS) is 31.1. The van der Waals surface area contributed by atoms with E-state index in [0.717, 1.165) is 19.3 Å². The van der Waals surface area contributed by atoms with Crippen molar-refractivity contribution in [1.82, 2.24) is 0 Å². The van der Waals surface area contributed by atoms with Crippen molar-refractivity contribution >= 4 is 23.2 Å². The summed E-state index contributed by atoms with van der Waals surface area (Å²) in [4.78, 5) is 12.4. The number of nitrogens with two attached hydrogens (primary N) is 1. The quantitative estimate of drug-likeness (QED) is 0.878. The first-order valence-electron chi connectivity index (χ1n) is 6.86. The molecule has 3 N–H and O–H groups in total. The molecule has 2 saturated carbocycles. The minimum atomic E-state index is -0.102. The van der Waals surface area contributed by atoms with Gasteiger partial charge in [0.25, 0.3) is 0 Å². The van der Waals surface area contributed by atoms with Crippen molar-refractivity contribution in [2.75, 3.05) is 5.32 Å². The van der Waals surface area contributed by atoms with Gasteiger partial charge in [0, 0.05) is 11.7 Å². The summed E-state index contributed by atoms with van der Waals surface area (Å²) in [5, 5.41) is 12.2. The highest BCUT2D eigenvalue weighted by Gasteiger charge is 2.49. The first kappa shape index (κ1) is 13.4. The van der Waals surface area contributed by atoms with E-state index < -0.39 is 0 Å². The van der Waals surface area contributed by atoms with Gasteiger partial charge in [-0.05, 0) is 49.3 Å². The maximum Gasteiger partial charge on any atom is 0.229 e. The number of nitrogens with one attached hydrogen (secondary N) is 1. The molecule has 0 radical (unpaired) electrons. The number of hydrogen-bond donors (Lipinski definition) is 2. The molecule has 20 heavy (non-hydrogen) atoms. The number of nitriles is 1. The third-order valence-corrected chi connectivity index (χ3v) is 4.97. The molecule has 4 atom stereocenters. The zero-order chi connectivity index (χ0) is 14.3. The van der Waals surface area contributed by atoms with Crippen LogP contribution in [0.3, 0.4) is 0 Å². The van der Waals surface area contributed by atoms with E-state index in [2.05, 4.69) is 5.32 Å². The molecule has 1 aromatic carbocycles. The van der Waals surface area contributed by atoms with E-state index >= 15 is 0 Å². The minimum absolute atomic E-state index is 0.0310. The summed E-state index contributed by atoms with van der Waals surface area (Å²) in [5.41, 5.74) is 7.13. The van der Waals surface area contributed by atoms with E-state index in [1.54, 1.807) is 18.2 Å². The molecule has 0 spiro atoms. The lowest BCUT2D eigenvalue weighted by molar-refractivity contribution is -0.121. The predicted molar refractivity (Wildman–Crippen MR) is 77.1 cm³/mol. The molecule has 0 aromatic heterocycles. The van der Waals surface area contributed by atoms with Crippen LogP contribution in [-0.4, -0.2) is 11.9 Å². The molecule has 4 unspecified atom stereocenters. The molecule has 1 aromatic rings. The first-order valence-corrected chi connectivity index (χ1v) is 7.24. The largest absolute Gasteiger partial charge is 0.327 e. The molecule has 3 rings (SSSR count). The Balaban J connectivity index is 1.75. The second-order valence-electron chi connectivity index (χ2n) is 5.73. The molecular formula is C15H16ClN3O. The van der Waals surface area contributed by atoms with Crippen molar-refractivity contribution in [3.8, 4) is 6.07 Å². The summed E-state index contributed by atoms with van der Waals surface area (Å²) in [7, 11) is 0. The lowest BCUT2D eigenvalue weighted by Crippen LogP contribution is -2.42. The lowest BCUT2D eigenvalue weighted by atomic mass is 9.84. The summed E-state index contributed by atoms with van der Waals surface area (Å²) >= 11 is 5.88. The maximum absolute atomic E-state index is 12.4. The molecule has 2 aliphatic rings. The van der Waals surface area contributed by atoms with E-state index in [4.69, 9.17) is 22.6 Å². The van der Waals surface area contributed by atoms with Gasteiger partial charge in [-0.25, -0.2) is 0 Å². The van der Waals surface area contributed by atoms with Crippen LogP contribution in [0.4, 0.5) is 5.69 Å². The maximum atomic E-state index is 12.4. The Kier molecular flexibility index (Phi) is 3.41. The number of fused-ring (bicyclic) bond motifs is 2. The summed E-state index contributed by atoms with van der Waals surface area (Å²) in [6, 6.07) is 6.90. The molecular weight excluding hydrogens is 274 g/mol. The average Bonchev–Trinajstić information content (AvgIpc) is 3.01. The molecule has 2 fully saturated rings.